The van der Waals surface area contributed by atoms with Crippen molar-refractivity contribution in [3.8, 4) is 29.4 Å². The number of fused-ring (bicyclic) bond motifs is 1. The van der Waals surface area contributed by atoms with Crippen LogP contribution in [0.5, 0.6) is 5.75 Å². The van der Waals surface area contributed by atoms with Gasteiger partial charge in [-0.1, -0.05) is 41.9 Å². The van der Waals surface area contributed by atoms with Crippen molar-refractivity contribution >= 4 is 10.8 Å². The Morgan fingerprint density at radius 3 is 1.97 bits per heavy atom. The van der Waals surface area contributed by atoms with Gasteiger partial charge in [0.1, 0.15) is 24.0 Å². The zero-order chi connectivity index (χ0) is 25.7. The molecule has 0 unspecified atom stereocenters. The summed E-state index contributed by atoms with van der Waals surface area (Å²) in [6.07, 6.45) is 3.62. The second kappa shape index (κ2) is 10.8. The molecule has 0 aliphatic carbocycles. The molecule has 6 heteroatoms. The van der Waals surface area contributed by atoms with Crippen LogP contribution in [0.25, 0.3) is 10.8 Å². The van der Waals surface area contributed by atoms with Gasteiger partial charge in [0.2, 0.25) is 0 Å². The number of allylic oxidation sites excluding steroid dienone is 1. The van der Waals surface area contributed by atoms with Crippen molar-refractivity contribution in [2.24, 2.45) is 0 Å². The first-order valence-electron chi connectivity index (χ1n) is 10.8. The molecule has 0 saturated heterocycles. The molecule has 0 spiro atoms. The molecule has 0 amide bonds. The van der Waals surface area contributed by atoms with E-state index in [1.807, 2.05) is 13.0 Å². The van der Waals surface area contributed by atoms with Crippen LogP contribution in [0.15, 0.2) is 72.8 Å². The van der Waals surface area contributed by atoms with Crippen LogP contribution in [0.1, 0.15) is 29.2 Å². The van der Waals surface area contributed by atoms with Gasteiger partial charge in [-0.15, -0.1) is 0 Å². The molecule has 0 saturated carbocycles. The topological polar surface area (TPSA) is 9.23 Å². The standard InChI is InChI=1S/C30H17F5O/c1-2-3-14-36-24-12-11-22(27(32)18-24)10-6-20-5-9-21(26(31)16-20)8-4-19-7-13-25-23(15-19)17-28(33)30(35)29(25)34/h2-3,5,7,9,11-13,15-18H,14H2,1H3/b3-2+. The second-order valence-corrected chi connectivity index (χ2v) is 7.64. The van der Waals surface area contributed by atoms with E-state index >= 15 is 0 Å². The Hall–Kier alpha value is -4.55. The fourth-order valence-electron chi connectivity index (χ4n) is 3.28. The van der Waals surface area contributed by atoms with E-state index in [0.29, 0.717) is 23.5 Å². The molecule has 4 aromatic rings. The van der Waals surface area contributed by atoms with Crippen molar-refractivity contribution in [2.75, 3.05) is 6.61 Å². The van der Waals surface area contributed by atoms with E-state index < -0.39 is 29.1 Å². The number of ether oxygens (including phenoxy) is 1. The van der Waals surface area contributed by atoms with Crippen LogP contribution < -0.4 is 4.74 Å². The summed E-state index contributed by atoms with van der Waals surface area (Å²) in [6, 6.07) is 13.4. The van der Waals surface area contributed by atoms with Gasteiger partial charge in [0.05, 0.1) is 11.1 Å². The van der Waals surface area contributed by atoms with E-state index in [4.69, 9.17) is 4.74 Å². The summed E-state index contributed by atoms with van der Waals surface area (Å²) in [4.78, 5) is 0. The monoisotopic (exact) mass is 488 g/mol. The summed E-state index contributed by atoms with van der Waals surface area (Å²) in [5.41, 5.74) is 0.905. The van der Waals surface area contributed by atoms with E-state index in [1.54, 1.807) is 18.2 Å². The van der Waals surface area contributed by atoms with Crippen molar-refractivity contribution in [2.45, 2.75) is 6.92 Å². The van der Waals surface area contributed by atoms with Crippen molar-refractivity contribution in [3.63, 3.8) is 0 Å². The van der Waals surface area contributed by atoms with Crippen molar-refractivity contribution in [1.82, 2.24) is 0 Å². The molecule has 4 rings (SSSR count). The quantitative estimate of drug-likeness (QED) is 0.127. The lowest BCUT2D eigenvalue weighted by atomic mass is 10.1. The number of hydrogen-bond acceptors (Lipinski definition) is 1. The molecular weight excluding hydrogens is 471 g/mol. The van der Waals surface area contributed by atoms with Gasteiger partial charge >= 0.3 is 0 Å². The Labute approximate surface area is 204 Å². The van der Waals surface area contributed by atoms with Crippen LogP contribution in [0.3, 0.4) is 0 Å². The fraction of sp³-hybridized carbons (Fsp3) is 0.0667. The molecule has 0 aromatic heterocycles. The zero-order valence-electron chi connectivity index (χ0n) is 18.9. The van der Waals surface area contributed by atoms with Crippen molar-refractivity contribution < 1.29 is 26.7 Å². The van der Waals surface area contributed by atoms with E-state index in [1.165, 1.54) is 42.5 Å². The largest absolute Gasteiger partial charge is 0.489 e. The number of rotatable bonds is 3. The molecule has 0 atom stereocenters. The Morgan fingerprint density at radius 2 is 1.31 bits per heavy atom. The summed E-state index contributed by atoms with van der Waals surface area (Å²) >= 11 is 0. The van der Waals surface area contributed by atoms with Gasteiger partial charge in [0.15, 0.2) is 17.5 Å². The molecule has 1 nitrogen and oxygen atoms in total. The Balaban J connectivity index is 1.52. The molecule has 0 N–H and O–H groups in total. The lowest BCUT2D eigenvalue weighted by molar-refractivity contribution is 0.360. The van der Waals surface area contributed by atoms with Gasteiger partial charge in [-0.3, -0.25) is 0 Å². The average molecular weight is 488 g/mol. The maximum atomic E-state index is 14.6. The van der Waals surface area contributed by atoms with Gasteiger partial charge in [-0.25, -0.2) is 22.0 Å². The third kappa shape index (κ3) is 5.56. The third-order valence-corrected chi connectivity index (χ3v) is 5.15. The van der Waals surface area contributed by atoms with Gasteiger partial charge in [-0.2, -0.15) is 0 Å². The minimum atomic E-state index is -1.54. The highest BCUT2D eigenvalue weighted by Gasteiger charge is 2.13. The maximum absolute atomic E-state index is 14.6. The molecule has 0 bridgehead atoms. The zero-order valence-corrected chi connectivity index (χ0v) is 18.9. The molecule has 0 aliphatic heterocycles. The molecule has 36 heavy (non-hydrogen) atoms. The number of benzene rings is 4. The summed E-state index contributed by atoms with van der Waals surface area (Å²) in [7, 11) is 0. The number of halogens is 5. The highest BCUT2D eigenvalue weighted by Crippen LogP contribution is 2.24. The molecule has 0 radical (unpaired) electrons. The van der Waals surface area contributed by atoms with E-state index in [9.17, 15) is 22.0 Å². The summed E-state index contributed by atoms with van der Waals surface area (Å²) < 4.78 is 75.0. The van der Waals surface area contributed by atoms with Crippen LogP contribution in [0.2, 0.25) is 0 Å². The lowest BCUT2D eigenvalue weighted by Crippen LogP contribution is -1.94. The van der Waals surface area contributed by atoms with Crippen LogP contribution in [-0.2, 0) is 0 Å². The van der Waals surface area contributed by atoms with Crippen molar-refractivity contribution in [1.29, 1.82) is 0 Å². The molecule has 0 fully saturated rings. The predicted octanol–water partition coefficient (Wildman–Crippen LogP) is 7.29. The highest BCUT2D eigenvalue weighted by molar-refractivity contribution is 5.84. The first kappa shape index (κ1) is 24.6. The Bertz CT molecular complexity index is 1610. The molecule has 0 aliphatic rings. The van der Waals surface area contributed by atoms with E-state index in [-0.39, 0.29) is 21.9 Å². The number of hydrogen-bond donors (Lipinski definition) is 0. The first-order valence-corrected chi connectivity index (χ1v) is 10.8. The van der Waals surface area contributed by atoms with Crippen LogP contribution in [-0.4, -0.2) is 6.61 Å². The second-order valence-electron chi connectivity index (χ2n) is 7.64. The SMILES string of the molecule is C/C=C/COc1ccc(C#Cc2ccc(C#Cc3ccc4c(F)c(F)c(F)cc4c3)c(F)c2)c(F)c1. The van der Waals surface area contributed by atoms with E-state index in [0.717, 1.165) is 6.07 Å². The first-order chi connectivity index (χ1) is 17.4. The smallest absolute Gasteiger partial charge is 0.195 e. The van der Waals surface area contributed by atoms with Gasteiger partial charge in [0.25, 0.3) is 0 Å². The Kier molecular flexibility index (Phi) is 7.37. The summed E-state index contributed by atoms with van der Waals surface area (Å²) in [6.45, 7) is 2.18. The van der Waals surface area contributed by atoms with Crippen LogP contribution in [0, 0.1) is 52.8 Å². The van der Waals surface area contributed by atoms with Crippen LogP contribution >= 0.6 is 0 Å². The van der Waals surface area contributed by atoms with Gasteiger partial charge in [0, 0.05) is 22.6 Å². The van der Waals surface area contributed by atoms with Gasteiger partial charge < -0.3 is 4.74 Å². The summed E-state index contributed by atoms with van der Waals surface area (Å²) in [5.74, 6) is 5.84. The fourth-order valence-corrected chi connectivity index (χ4v) is 3.28. The third-order valence-electron chi connectivity index (χ3n) is 5.15. The highest BCUT2D eigenvalue weighted by atomic mass is 19.2. The Morgan fingerprint density at radius 1 is 0.667 bits per heavy atom. The average Bonchev–Trinajstić information content (AvgIpc) is 2.86. The minimum absolute atomic E-state index is 0.0749. The summed E-state index contributed by atoms with van der Waals surface area (Å²) in [5, 5.41) is 0.0507. The molecule has 4 aromatic carbocycles. The normalized spacial score (nSPS) is 10.6. The molecule has 178 valence electrons. The predicted molar refractivity (Wildman–Crippen MR) is 129 cm³/mol. The van der Waals surface area contributed by atoms with E-state index in [2.05, 4.69) is 23.7 Å². The lowest BCUT2D eigenvalue weighted by Gasteiger charge is -2.03. The minimum Gasteiger partial charge on any atom is -0.489 e. The molecule has 0 heterocycles. The van der Waals surface area contributed by atoms with Crippen LogP contribution in [0.4, 0.5) is 22.0 Å². The van der Waals surface area contributed by atoms with Crippen molar-refractivity contribution in [3.05, 3.63) is 124 Å². The molecular formula is C30H17F5O. The maximum Gasteiger partial charge on any atom is 0.195 e. The van der Waals surface area contributed by atoms with Gasteiger partial charge in [-0.05, 0) is 60.8 Å².